The van der Waals surface area contributed by atoms with E-state index in [-0.39, 0.29) is 43.2 Å². The van der Waals surface area contributed by atoms with Crippen LogP contribution in [0.1, 0.15) is 18.9 Å². The Labute approximate surface area is 123 Å². The molecule has 0 aliphatic heterocycles. The predicted molar refractivity (Wildman–Crippen MR) is 76.1 cm³/mol. The smallest absolute Gasteiger partial charge is 0.306 e. The molecule has 2 atom stereocenters. The first-order valence-electron chi connectivity index (χ1n) is 6.76. The highest BCUT2D eigenvalue weighted by Crippen LogP contribution is 2.25. The molecule has 0 aliphatic carbocycles. The van der Waals surface area contributed by atoms with Crippen LogP contribution in [-0.2, 0) is 20.7 Å². The maximum atomic E-state index is 11.7. The summed E-state index contributed by atoms with van der Waals surface area (Å²) in [5, 5.41) is 28.3. The van der Waals surface area contributed by atoms with E-state index < -0.39 is 5.97 Å². The number of phenols is 2. The molecule has 0 amide bonds. The number of methoxy groups -OCH3 is 1. The Morgan fingerprint density at radius 2 is 2.05 bits per heavy atom. The lowest BCUT2D eigenvalue weighted by molar-refractivity contribution is -0.148. The van der Waals surface area contributed by atoms with Crippen LogP contribution in [0.3, 0.4) is 0 Å². The van der Waals surface area contributed by atoms with Gasteiger partial charge in [-0.05, 0) is 30.9 Å². The zero-order valence-electron chi connectivity index (χ0n) is 12.3. The molecule has 6 nitrogen and oxygen atoms in total. The molecule has 0 saturated heterocycles. The topological polar surface area (TPSA) is 96.2 Å². The number of carbonyl (C=O) groups excluding carboxylic acids is 1. The summed E-state index contributed by atoms with van der Waals surface area (Å²) < 4.78 is 10.0. The van der Waals surface area contributed by atoms with Crippen molar-refractivity contribution in [3.05, 3.63) is 23.8 Å². The van der Waals surface area contributed by atoms with Crippen molar-refractivity contribution >= 4 is 5.97 Å². The van der Waals surface area contributed by atoms with E-state index in [4.69, 9.17) is 9.47 Å². The highest BCUT2D eigenvalue weighted by atomic mass is 16.6. The first-order chi connectivity index (χ1) is 9.96. The van der Waals surface area contributed by atoms with Crippen LogP contribution in [0.25, 0.3) is 0 Å². The molecule has 0 spiro atoms. The van der Waals surface area contributed by atoms with Gasteiger partial charge in [0.15, 0.2) is 0 Å². The number of aliphatic hydroxyl groups is 1. The standard InChI is InChI=1S/C15H22O6/c1-10(20-2)9-21-15(19)6-11(8-16)5-12-3-4-13(17)7-14(12)18/h3-4,7,10-11,16-18H,5-6,8-9H2,1-2H3. The van der Waals surface area contributed by atoms with Crippen molar-refractivity contribution in [2.24, 2.45) is 5.92 Å². The van der Waals surface area contributed by atoms with Gasteiger partial charge in [-0.2, -0.15) is 0 Å². The van der Waals surface area contributed by atoms with E-state index >= 15 is 0 Å². The molecule has 1 rings (SSSR count). The predicted octanol–water partition coefficient (Wildman–Crippen LogP) is 1.22. The highest BCUT2D eigenvalue weighted by molar-refractivity contribution is 5.69. The minimum atomic E-state index is -0.420. The molecule has 0 aliphatic rings. The van der Waals surface area contributed by atoms with E-state index in [1.165, 1.54) is 19.2 Å². The van der Waals surface area contributed by atoms with Crippen LogP contribution in [-0.4, -0.2) is 47.7 Å². The third-order valence-corrected chi connectivity index (χ3v) is 3.17. The zero-order valence-corrected chi connectivity index (χ0v) is 12.3. The summed E-state index contributed by atoms with van der Waals surface area (Å²) in [4.78, 5) is 11.7. The van der Waals surface area contributed by atoms with E-state index in [2.05, 4.69) is 0 Å². The molecule has 0 radical (unpaired) electrons. The first-order valence-corrected chi connectivity index (χ1v) is 6.76. The summed E-state index contributed by atoms with van der Waals surface area (Å²) in [5.41, 5.74) is 0.560. The number of phenolic OH excluding ortho intramolecular Hbond substituents is 2. The van der Waals surface area contributed by atoms with Crippen LogP contribution >= 0.6 is 0 Å². The summed E-state index contributed by atoms with van der Waals surface area (Å²) >= 11 is 0. The fourth-order valence-corrected chi connectivity index (χ4v) is 1.81. The Morgan fingerprint density at radius 1 is 1.33 bits per heavy atom. The van der Waals surface area contributed by atoms with Gasteiger partial charge in [0.1, 0.15) is 18.1 Å². The lowest BCUT2D eigenvalue weighted by Crippen LogP contribution is -2.21. The lowest BCUT2D eigenvalue weighted by atomic mass is 9.96. The second kappa shape index (κ2) is 8.49. The van der Waals surface area contributed by atoms with Gasteiger partial charge >= 0.3 is 5.97 Å². The summed E-state index contributed by atoms with van der Waals surface area (Å²) in [7, 11) is 1.53. The number of benzene rings is 1. The molecule has 1 aromatic carbocycles. The Bertz CT molecular complexity index is 459. The van der Waals surface area contributed by atoms with Gasteiger partial charge in [0.05, 0.1) is 12.5 Å². The molecule has 0 heterocycles. The van der Waals surface area contributed by atoms with Gasteiger partial charge in [-0.15, -0.1) is 0 Å². The van der Waals surface area contributed by atoms with Crippen LogP contribution in [0, 0.1) is 5.92 Å². The molecule has 21 heavy (non-hydrogen) atoms. The van der Waals surface area contributed by atoms with Gasteiger partial charge in [-0.3, -0.25) is 4.79 Å². The number of ether oxygens (including phenoxy) is 2. The Morgan fingerprint density at radius 3 is 2.62 bits per heavy atom. The molecule has 0 bridgehead atoms. The van der Waals surface area contributed by atoms with E-state index in [9.17, 15) is 20.1 Å². The van der Waals surface area contributed by atoms with Gasteiger partial charge in [-0.1, -0.05) is 6.07 Å². The maximum absolute atomic E-state index is 11.7. The van der Waals surface area contributed by atoms with Crippen molar-refractivity contribution in [3.63, 3.8) is 0 Å². The molecule has 2 unspecified atom stereocenters. The normalized spacial score (nSPS) is 13.7. The molecule has 1 aromatic rings. The van der Waals surface area contributed by atoms with Crippen molar-refractivity contribution in [2.75, 3.05) is 20.3 Å². The fourth-order valence-electron chi connectivity index (χ4n) is 1.81. The van der Waals surface area contributed by atoms with Gasteiger partial charge in [0.2, 0.25) is 0 Å². The van der Waals surface area contributed by atoms with Gasteiger partial charge < -0.3 is 24.8 Å². The average Bonchev–Trinajstić information content (AvgIpc) is 2.46. The van der Waals surface area contributed by atoms with Crippen LogP contribution in [0.2, 0.25) is 0 Å². The van der Waals surface area contributed by atoms with E-state index in [0.29, 0.717) is 12.0 Å². The first kappa shape index (κ1) is 17.3. The largest absolute Gasteiger partial charge is 0.508 e. The van der Waals surface area contributed by atoms with Crippen molar-refractivity contribution in [2.45, 2.75) is 25.9 Å². The monoisotopic (exact) mass is 298 g/mol. The summed E-state index contributed by atoms with van der Waals surface area (Å²) in [6, 6.07) is 4.23. The van der Waals surface area contributed by atoms with Gasteiger partial charge in [-0.25, -0.2) is 0 Å². The van der Waals surface area contributed by atoms with Crippen LogP contribution in [0.5, 0.6) is 11.5 Å². The molecule has 0 fully saturated rings. The molecule has 0 saturated carbocycles. The fraction of sp³-hybridized carbons (Fsp3) is 0.533. The number of aromatic hydroxyl groups is 2. The SMILES string of the molecule is COC(C)COC(=O)CC(CO)Cc1ccc(O)cc1O. The molecular weight excluding hydrogens is 276 g/mol. The quantitative estimate of drug-likeness (QED) is 0.624. The number of hydrogen-bond donors (Lipinski definition) is 3. The zero-order chi connectivity index (χ0) is 15.8. The molecule has 3 N–H and O–H groups in total. The maximum Gasteiger partial charge on any atom is 0.306 e. The van der Waals surface area contributed by atoms with Crippen LogP contribution in [0.4, 0.5) is 0 Å². The van der Waals surface area contributed by atoms with E-state index in [0.717, 1.165) is 0 Å². The Hall–Kier alpha value is -1.79. The van der Waals surface area contributed by atoms with Gasteiger partial charge in [0, 0.05) is 19.8 Å². The molecular formula is C15H22O6. The summed E-state index contributed by atoms with van der Waals surface area (Å²) in [5.74, 6) is -0.874. The number of rotatable bonds is 8. The lowest BCUT2D eigenvalue weighted by Gasteiger charge is -2.16. The number of esters is 1. The molecule has 118 valence electrons. The highest BCUT2D eigenvalue weighted by Gasteiger charge is 2.17. The van der Waals surface area contributed by atoms with Gasteiger partial charge in [0.25, 0.3) is 0 Å². The molecule has 0 aromatic heterocycles. The van der Waals surface area contributed by atoms with Crippen molar-refractivity contribution < 1.29 is 29.6 Å². The van der Waals surface area contributed by atoms with E-state index in [1.807, 2.05) is 0 Å². The second-order valence-electron chi connectivity index (χ2n) is 5.00. The van der Waals surface area contributed by atoms with Crippen molar-refractivity contribution in [1.29, 1.82) is 0 Å². The minimum absolute atomic E-state index is 0.0373. The Kier molecular flexibility index (Phi) is 6.98. The summed E-state index contributed by atoms with van der Waals surface area (Å²) in [6.45, 7) is 1.75. The number of carbonyl (C=O) groups is 1. The van der Waals surface area contributed by atoms with Crippen LogP contribution < -0.4 is 0 Å². The third kappa shape index (κ3) is 6.01. The molecule has 6 heteroatoms. The van der Waals surface area contributed by atoms with Crippen LogP contribution in [0.15, 0.2) is 18.2 Å². The average molecular weight is 298 g/mol. The minimum Gasteiger partial charge on any atom is -0.508 e. The number of aliphatic hydroxyl groups excluding tert-OH is 1. The Balaban J connectivity index is 2.53. The third-order valence-electron chi connectivity index (χ3n) is 3.17. The van der Waals surface area contributed by atoms with Crippen molar-refractivity contribution in [3.8, 4) is 11.5 Å². The van der Waals surface area contributed by atoms with Crippen molar-refractivity contribution in [1.82, 2.24) is 0 Å². The number of hydrogen-bond acceptors (Lipinski definition) is 6. The van der Waals surface area contributed by atoms with E-state index in [1.54, 1.807) is 13.0 Å². The second-order valence-corrected chi connectivity index (χ2v) is 5.00. The summed E-state index contributed by atoms with van der Waals surface area (Å²) in [6.07, 6.45) is 0.188.